The summed E-state index contributed by atoms with van der Waals surface area (Å²) in [6.07, 6.45) is 3.86. The summed E-state index contributed by atoms with van der Waals surface area (Å²) in [6.45, 7) is 6.99. The molecule has 3 heterocycles. The molecule has 0 unspecified atom stereocenters. The average molecular weight is 396 g/mol. The van der Waals surface area contributed by atoms with E-state index in [1.54, 1.807) is 0 Å². The summed E-state index contributed by atoms with van der Waals surface area (Å²) in [5, 5.41) is 11.8. The summed E-state index contributed by atoms with van der Waals surface area (Å²) in [5.41, 5.74) is 2.32. The zero-order chi connectivity index (χ0) is 19.9. The van der Waals surface area contributed by atoms with Gasteiger partial charge in [-0.3, -0.25) is 4.79 Å². The number of carbonyl (C=O) groups is 1. The Morgan fingerprint density at radius 1 is 1.00 bits per heavy atom. The van der Waals surface area contributed by atoms with E-state index in [1.165, 1.54) is 19.3 Å². The number of likely N-dealkylation sites (tertiary alicyclic amines) is 1. The third kappa shape index (κ3) is 5.31. The summed E-state index contributed by atoms with van der Waals surface area (Å²) in [6, 6.07) is 11.5. The Kier molecular flexibility index (Phi) is 6.69. The molecule has 4 rings (SSSR count). The third-order valence-corrected chi connectivity index (χ3v) is 5.57. The van der Waals surface area contributed by atoms with Gasteiger partial charge in [-0.25, -0.2) is 0 Å². The molecule has 2 fully saturated rings. The summed E-state index contributed by atoms with van der Waals surface area (Å²) in [5.74, 6) is 0.824. The van der Waals surface area contributed by atoms with Crippen molar-refractivity contribution in [3.8, 4) is 11.3 Å². The van der Waals surface area contributed by atoms with Gasteiger partial charge in [0.2, 0.25) is 0 Å². The van der Waals surface area contributed by atoms with Crippen LogP contribution in [0.5, 0.6) is 0 Å². The summed E-state index contributed by atoms with van der Waals surface area (Å²) < 4.78 is 5.38. The van der Waals surface area contributed by atoms with E-state index in [0.29, 0.717) is 12.1 Å². The van der Waals surface area contributed by atoms with Gasteiger partial charge >= 0.3 is 0 Å². The normalized spacial score (nSPS) is 17.9. The minimum Gasteiger partial charge on any atom is -0.378 e. The number of ether oxygens (including phenoxy) is 1. The van der Waals surface area contributed by atoms with Gasteiger partial charge in [-0.2, -0.15) is 0 Å². The van der Waals surface area contributed by atoms with Crippen molar-refractivity contribution in [1.29, 1.82) is 0 Å². The standard InChI is InChI=1S/C22H29N5O2/c28-22(23-9-12-26-10-2-1-3-11-26)19-6-4-5-18(17-19)20-7-8-21(25-24-20)27-13-15-29-16-14-27/h4-8,17H,1-3,9-16H2,(H,23,28). The lowest BCUT2D eigenvalue weighted by molar-refractivity contribution is 0.0946. The molecule has 1 amide bonds. The van der Waals surface area contributed by atoms with Crippen molar-refractivity contribution in [3.05, 3.63) is 42.0 Å². The monoisotopic (exact) mass is 395 g/mol. The molecule has 2 saturated heterocycles. The smallest absolute Gasteiger partial charge is 0.251 e. The molecule has 0 radical (unpaired) electrons. The lowest BCUT2D eigenvalue weighted by Gasteiger charge is -2.27. The van der Waals surface area contributed by atoms with Crippen LogP contribution in [-0.4, -0.2) is 73.5 Å². The predicted molar refractivity (Wildman–Crippen MR) is 113 cm³/mol. The quantitative estimate of drug-likeness (QED) is 0.809. The van der Waals surface area contributed by atoms with Crippen LogP contribution in [-0.2, 0) is 4.74 Å². The highest BCUT2D eigenvalue weighted by Crippen LogP contribution is 2.20. The van der Waals surface area contributed by atoms with Crippen molar-refractivity contribution in [2.24, 2.45) is 0 Å². The van der Waals surface area contributed by atoms with E-state index in [9.17, 15) is 4.79 Å². The molecular weight excluding hydrogens is 366 g/mol. The van der Waals surface area contributed by atoms with E-state index in [0.717, 1.165) is 63.0 Å². The second-order valence-electron chi connectivity index (χ2n) is 7.62. The second kappa shape index (κ2) is 9.80. The van der Waals surface area contributed by atoms with Gasteiger partial charge in [-0.1, -0.05) is 18.6 Å². The minimum absolute atomic E-state index is 0.0400. The van der Waals surface area contributed by atoms with Crippen molar-refractivity contribution >= 4 is 11.7 Å². The number of hydrogen-bond donors (Lipinski definition) is 1. The molecule has 7 nitrogen and oxygen atoms in total. The number of nitrogens with one attached hydrogen (secondary N) is 1. The van der Waals surface area contributed by atoms with Crippen LogP contribution in [0, 0.1) is 0 Å². The van der Waals surface area contributed by atoms with Crippen molar-refractivity contribution < 1.29 is 9.53 Å². The van der Waals surface area contributed by atoms with Gasteiger partial charge in [-0.15, -0.1) is 10.2 Å². The number of nitrogens with zero attached hydrogens (tertiary/aromatic N) is 4. The maximum Gasteiger partial charge on any atom is 0.251 e. The third-order valence-electron chi connectivity index (χ3n) is 5.57. The van der Waals surface area contributed by atoms with Gasteiger partial charge in [0.05, 0.1) is 18.9 Å². The van der Waals surface area contributed by atoms with E-state index in [2.05, 4.69) is 25.3 Å². The van der Waals surface area contributed by atoms with Gasteiger partial charge < -0.3 is 19.9 Å². The Hall–Kier alpha value is -2.51. The Labute approximate surface area is 172 Å². The maximum atomic E-state index is 12.5. The average Bonchev–Trinajstić information content (AvgIpc) is 2.80. The zero-order valence-electron chi connectivity index (χ0n) is 16.8. The zero-order valence-corrected chi connectivity index (χ0v) is 16.8. The first-order chi connectivity index (χ1) is 14.3. The van der Waals surface area contributed by atoms with E-state index < -0.39 is 0 Å². The first-order valence-corrected chi connectivity index (χ1v) is 10.6. The number of benzene rings is 1. The van der Waals surface area contributed by atoms with Gasteiger partial charge in [0, 0.05) is 37.3 Å². The molecular formula is C22H29N5O2. The first kappa shape index (κ1) is 19.8. The van der Waals surface area contributed by atoms with Crippen LogP contribution in [0.2, 0.25) is 0 Å². The number of amides is 1. The lowest BCUT2D eigenvalue weighted by atomic mass is 10.1. The molecule has 2 aliphatic rings. The molecule has 1 N–H and O–H groups in total. The van der Waals surface area contributed by atoms with Gasteiger partial charge in [0.15, 0.2) is 5.82 Å². The second-order valence-corrected chi connectivity index (χ2v) is 7.62. The van der Waals surface area contributed by atoms with Gasteiger partial charge in [0.25, 0.3) is 5.91 Å². The minimum atomic E-state index is -0.0400. The number of rotatable bonds is 6. The molecule has 7 heteroatoms. The molecule has 0 bridgehead atoms. The molecule has 1 aromatic carbocycles. The van der Waals surface area contributed by atoms with Crippen LogP contribution >= 0.6 is 0 Å². The summed E-state index contributed by atoms with van der Waals surface area (Å²) in [7, 11) is 0. The Bertz CT molecular complexity index is 799. The molecule has 2 aliphatic heterocycles. The van der Waals surface area contributed by atoms with Crippen LogP contribution < -0.4 is 10.2 Å². The molecule has 154 valence electrons. The predicted octanol–water partition coefficient (Wildman–Crippen LogP) is 2.20. The number of anilines is 1. The fourth-order valence-electron chi connectivity index (χ4n) is 3.87. The van der Waals surface area contributed by atoms with Crippen LogP contribution in [0.3, 0.4) is 0 Å². The number of hydrogen-bond acceptors (Lipinski definition) is 6. The maximum absolute atomic E-state index is 12.5. The van der Waals surface area contributed by atoms with Crippen molar-refractivity contribution in [3.63, 3.8) is 0 Å². The largest absolute Gasteiger partial charge is 0.378 e. The van der Waals surface area contributed by atoms with Crippen LogP contribution in [0.15, 0.2) is 36.4 Å². The number of carbonyl (C=O) groups excluding carboxylic acids is 1. The van der Waals surface area contributed by atoms with Crippen molar-refractivity contribution in [1.82, 2.24) is 20.4 Å². The molecule has 0 aliphatic carbocycles. The highest BCUT2D eigenvalue weighted by Gasteiger charge is 2.14. The Balaban J connectivity index is 1.35. The van der Waals surface area contributed by atoms with E-state index in [4.69, 9.17) is 4.74 Å². The highest BCUT2D eigenvalue weighted by molar-refractivity contribution is 5.95. The molecule has 0 spiro atoms. The highest BCUT2D eigenvalue weighted by atomic mass is 16.5. The fraction of sp³-hybridized carbons (Fsp3) is 0.500. The Morgan fingerprint density at radius 2 is 1.83 bits per heavy atom. The van der Waals surface area contributed by atoms with Crippen LogP contribution in [0.1, 0.15) is 29.6 Å². The van der Waals surface area contributed by atoms with Gasteiger partial charge in [-0.05, 0) is 50.2 Å². The lowest BCUT2D eigenvalue weighted by Crippen LogP contribution is -2.37. The molecule has 2 aromatic rings. The van der Waals surface area contributed by atoms with E-state index in [1.807, 2.05) is 36.4 Å². The first-order valence-electron chi connectivity index (χ1n) is 10.6. The molecule has 0 saturated carbocycles. The summed E-state index contributed by atoms with van der Waals surface area (Å²) in [4.78, 5) is 17.1. The van der Waals surface area contributed by atoms with Crippen molar-refractivity contribution in [2.45, 2.75) is 19.3 Å². The van der Waals surface area contributed by atoms with E-state index >= 15 is 0 Å². The SMILES string of the molecule is O=C(NCCN1CCCCC1)c1cccc(-c2ccc(N3CCOCC3)nn2)c1. The number of aromatic nitrogens is 2. The van der Waals surface area contributed by atoms with Crippen molar-refractivity contribution in [2.75, 3.05) is 57.4 Å². The van der Waals surface area contributed by atoms with Crippen LogP contribution in [0.25, 0.3) is 11.3 Å². The molecule has 29 heavy (non-hydrogen) atoms. The molecule has 1 aromatic heterocycles. The Morgan fingerprint density at radius 3 is 2.59 bits per heavy atom. The van der Waals surface area contributed by atoms with Crippen LogP contribution in [0.4, 0.5) is 5.82 Å². The number of morpholine rings is 1. The van der Waals surface area contributed by atoms with Gasteiger partial charge in [0.1, 0.15) is 0 Å². The van der Waals surface area contributed by atoms with E-state index in [-0.39, 0.29) is 5.91 Å². The molecule has 0 atom stereocenters. The topological polar surface area (TPSA) is 70.6 Å². The summed E-state index contributed by atoms with van der Waals surface area (Å²) >= 11 is 0. The fourth-order valence-corrected chi connectivity index (χ4v) is 3.87. The number of piperidine rings is 1.